The predicted octanol–water partition coefficient (Wildman–Crippen LogP) is 4.76. The third kappa shape index (κ3) is 4.49. The normalized spacial score (nSPS) is 16.3. The summed E-state index contributed by atoms with van der Waals surface area (Å²) in [5, 5.41) is 6.58. The number of nitrogens with zero attached hydrogens (tertiary/aromatic N) is 2. The summed E-state index contributed by atoms with van der Waals surface area (Å²) in [6.07, 6.45) is 0.215. The number of likely N-dealkylation sites (tertiary alicyclic amines) is 1. The van der Waals surface area contributed by atoms with Gasteiger partial charge in [-0.25, -0.2) is 4.98 Å². The van der Waals surface area contributed by atoms with Gasteiger partial charge in [-0.3, -0.25) is 9.59 Å². The van der Waals surface area contributed by atoms with Crippen LogP contribution in [-0.4, -0.2) is 28.2 Å². The van der Waals surface area contributed by atoms with Crippen molar-refractivity contribution in [1.82, 2.24) is 9.88 Å². The van der Waals surface area contributed by atoms with Crippen molar-refractivity contribution in [2.75, 3.05) is 11.9 Å². The lowest BCUT2D eigenvalue weighted by atomic mass is 10.1. The third-order valence-corrected chi connectivity index (χ3v) is 6.11. The summed E-state index contributed by atoms with van der Waals surface area (Å²) in [5.74, 6) is -0.539. The van der Waals surface area contributed by atoms with Crippen molar-refractivity contribution in [3.63, 3.8) is 0 Å². The number of hydrogen-bond acceptors (Lipinski definition) is 4. The van der Waals surface area contributed by atoms with Gasteiger partial charge in [-0.2, -0.15) is 0 Å². The molecule has 1 aliphatic rings. The number of nitrogens with one attached hydrogen (secondary N) is 1. The van der Waals surface area contributed by atoms with Crippen molar-refractivity contribution in [1.29, 1.82) is 0 Å². The van der Waals surface area contributed by atoms with Crippen LogP contribution in [0.4, 0.5) is 5.69 Å². The minimum absolute atomic E-state index is 0.0284. The second-order valence-corrected chi connectivity index (χ2v) is 8.55. The molecule has 0 bridgehead atoms. The number of thiazole rings is 1. The topological polar surface area (TPSA) is 62.3 Å². The standard InChI is InChI=1S/C22H20ClN3O2S/c1-14-24-20(13-29-14)15-6-8-18(9-7-15)25-22(28)17-10-21(27)26(12-17)11-16-4-2-3-5-19(16)23/h2-9,13,17H,10-12H2,1H3,(H,25,28)/t17-/m1/s1. The van der Waals surface area contributed by atoms with Crippen molar-refractivity contribution >= 4 is 40.4 Å². The Morgan fingerprint density at radius 2 is 2.00 bits per heavy atom. The number of benzene rings is 2. The second kappa shape index (κ2) is 8.35. The first-order chi connectivity index (χ1) is 14.0. The molecule has 1 aromatic heterocycles. The highest BCUT2D eigenvalue weighted by molar-refractivity contribution is 7.09. The Labute approximate surface area is 178 Å². The molecule has 1 aliphatic heterocycles. The Morgan fingerprint density at radius 3 is 2.69 bits per heavy atom. The van der Waals surface area contributed by atoms with E-state index in [1.165, 1.54) is 0 Å². The Kier molecular flexibility index (Phi) is 5.65. The van der Waals surface area contributed by atoms with Gasteiger partial charge in [-0.1, -0.05) is 41.9 Å². The molecular formula is C22H20ClN3O2S. The van der Waals surface area contributed by atoms with Crippen molar-refractivity contribution in [3.05, 3.63) is 69.5 Å². The maximum Gasteiger partial charge on any atom is 0.229 e. The van der Waals surface area contributed by atoms with Gasteiger partial charge in [-0.15, -0.1) is 11.3 Å². The van der Waals surface area contributed by atoms with Gasteiger partial charge in [0.15, 0.2) is 0 Å². The van der Waals surface area contributed by atoms with Crippen LogP contribution in [-0.2, 0) is 16.1 Å². The molecule has 1 atom stereocenters. The molecule has 148 valence electrons. The Morgan fingerprint density at radius 1 is 1.24 bits per heavy atom. The van der Waals surface area contributed by atoms with Gasteiger partial charge < -0.3 is 10.2 Å². The summed E-state index contributed by atoms with van der Waals surface area (Å²) in [4.78, 5) is 31.2. The molecular weight excluding hydrogens is 406 g/mol. The average Bonchev–Trinajstić information content (AvgIpc) is 3.30. The Hall–Kier alpha value is -2.70. The number of amides is 2. The summed E-state index contributed by atoms with van der Waals surface area (Å²) in [6.45, 7) is 2.79. The van der Waals surface area contributed by atoms with Gasteiger partial charge in [0.05, 0.1) is 16.6 Å². The zero-order valence-corrected chi connectivity index (χ0v) is 17.5. The van der Waals surface area contributed by atoms with E-state index in [2.05, 4.69) is 10.3 Å². The maximum absolute atomic E-state index is 12.7. The molecule has 29 heavy (non-hydrogen) atoms. The number of carbonyl (C=O) groups excluding carboxylic acids is 2. The number of hydrogen-bond donors (Lipinski definition) is 1. The number of anilines is 1. The summed E-state index contributed by atoms with van der Waals surface area (Å²) in [7, 11) is 0. The molecule has 0 saturated carbocycles. The molecule has 2 heterocycles. The number of aromatic nitrogens is 1. The fraction of sp³-hybridized carbons (Fsp3) is 0.227. The minimum atomic E-state index is -0.370. The highest BCUT2D eigenvalue weighted by atomic mass is 35.5. The van der Waals surface area contributed by atoms with Crippen LogP contribution < -0.4 is 5.32 Å². The van der Waals surface area contributed by atoms with Crippen molar-refractivity contribution < 1.29 is 9.59 Å². The molecule has 2 aromatic carbocycles. The molecule has 4 rings (SSSR count). The Balaban J connectivity index is 1.37. The molecule has 0 radical (unpaired) electrons. The van der Waals surface area contributed by atoms with E-state index in [1.54, 1.807) is 22.3 Å². The van der Waals surface area contributed by atoms with E-state index in [-0.39, 0.29) is 24.2 Å². The van der Waals surface area contributed by atoms with Crippen LogP contribution in [0, 0.1) is 12.8 Å². The Bertz CT molecular complexity index is 1050. The van der Waals surface area contributed by atoms with Crippen LogP contribution in [0.25, 0.3) is 11.3 Å². The largest absolute Gasteiger partial charge is 0.337 e. The summed E-state index contributed by atoms with van der Waals surface area (Å²) >= 11 is 7.80. The van der Waals surface area contributed by atoms with Gasteiger partial charge in [0.1, 0.15) is 0 Å². The number of halogens is 1. The molecule has 5 nitrogen and oxygen atoms in total. The highest BCUT2D eigenvalue weighted by Gasteiger charge is 2.34. The lowest BCUT2D eigenvalue weighted by molar-refractivity contribution is -0.128. The molecule has 3 aromatic rings. The number of carbonyl (C=O) groups is 2. The molecule has 0 aliphatic carbocycles. The first-order valence-electron chi connectivity index (χ1n) is 9.34. The van der Waals surface area contributed by atoms with Crippen LogP contribution in [0.3, 0.4) is 0 Å². The van der Waals surface area contributed by atoms with Crippen LogP contribution >= 0.6 is 22.9 Å². The summed E-state index contributed by atoms with van der Waals surface area (Å²) in [5.41, 5.74) is 3.54. The SMILES string of the molecule is Cc1nc(-c2ccc(NC(=O)[C@@H]3CC(=O)N(Cc4ccccc4Cl)C3)cc2)cs1. The van der Waals surface area contributed by atoms with E-state index in [9.17, 15) is 9.59 Å². The summed E-state index contributed by atoms with van der Waals surface area (Å²) in [6, 6.07) is 15.0. The van der Waals surface area contributed by atoms with E-state index in [4.69, 9.17) is 11.6 Å². The fourth-order valence-corrected chi connectivity index (χ4v) is 4.22. The van der Waals surface area contributed by atoms with Crippen LogP contribution in [0.15, 0.2) is 53.9 Å². The highest BCUT2D eigenvalue weighted by Crippen LogP contribution is 2.26. The third-order valence-electron chi connectivity index (χ3n) is 4.97. The quantitative estimate of drug-likeness (QED) is 0.641. The van der Waals surface area contributed by atoms with Gasteiger partial charge in [0.2, 0.25) is 11.8 Å². The molecule has 0 unspecified atom stereocenters. The minimum Gasteiger partial charge on any atom is -0.337 e. The predicted molar refractivity (Wildman–Crippen MR) is 116 cm³/mol. The van der Waals surface area contributed by atoms with Gasteiger partial charge in [-0.05, 0) is 30.7 Å². The van der Waals surface area contributed by atoms with E-state index >= 15 is 0 Å². The maximum atomic E-state index is 12.7. The van der Waals surface area contributed by atoms with Gasteiger partial charge in [0, 0.05) is 41.2 Å². The molecule has 1 fully saturated rings. The van der Waals surface area contributed by atoms with Gasteiger partial charge in [0.25, 0.3) is 0 Å². The van der Waals surface area contributed by atoms with E-state index in [0.717, 1.165) is 21.8 Å². The van der Waals surface area contributed by atoms with E-state index in [1.807, 2.05) is 54.8 Å². The van der Waals surface area contributed by atoms with Crippen molar-refractivity contribution in [2.45, 2.75) is 19.9 Å². The zero-order chi connectivity index (χ0) is 20.4. The van der Waals surface area contributed by atoms with Crippen LogP contribution in [0.2, 0.25) is 5.02 Å². The average molecular weight is 426 g/mol. The second-order valence-electron chi connectivity index (χ2n) is 7.09. The van der Waals surface area contributed by atoms with Crippen molar-refractivity contribution in [2.24, 2.45) is 5.92 Å². The molecule has 0 spiro atoms. The van der Waals surface area contributed by atoms with Crippen LogP contribution in [0.5, 0.6) is 0 Å². The van der Waals surface area contributed by atoms with E-state index in [0.29, 0.717) is 23.8 Å². The smallest absolute Gasteiger partial charge is 0.229 e. The summed E-state index contributed by atoms with van der Waals surface area (Å²) < 4.78 is 0. The molecule has 2 amide bonds. The first-order valence-corrected chi connectivity index (χ1v) is 10.6. The lowest BCUT2D eigenvalue weighted by Crippen LogP contribution is -2.28. The van der Waals surface area contributed by atoms with Crippen molar-refractivity contribution in [3.8, 4) is 11.3 Å². The van der Waals surface area contributed by atoms with Gasteiger partial charge >= 0.3 is 0 Å². The fourth-order valence-electron chi connectivity index (χ4n) is 3.40. The first kappa shape index (κ1) is 19.6. The number of aryl methyl sites for hydroxylation is 1. The van der Waals surface area contributed by atoms with Crippen LogP contribution in [0.1, 0.15) is 17.0 Å². The molecule has 1 N–H and O–H groups in total. The van der Waals surface area contributed by atoms with E-state index < -0.39 is 0 Å². The number of rotatable bonds is 5. The molecule has 7 heteroatoms. The monoisotopic (exact) mass is 425 g/mol. The lowest BCUT2D eigenvalue weighted by Gasteiger charge is -2.17. The molecule has 1 saturated heterocycles. The zero-order valence-electron chi connectivity index (χ0n) is 15.9.